The predicted octanol–water partition coefficient (Wildman–Crippen LogP) is 2.42. The minimum absolute atomic E-state index is 0.127. The largest absolute Gasteiger partial charge is 0.294 e. The molecule has 1 aromatic heterocycles. The van der Waals surface area contributed by atoms with Gasteiger partial charge in [-0.05, 0) is 73.4 Å². The SMILES string of the molecule is Cc1ccc(S(=O)(=O)O)cc1C[C@H]1CCc2cccnc2[C@@H](NS(C)(=O)=O)C1. The van der Waals surface area contributed by atoms with Crippen LogP contribution in [0.3, 0.4) is 0 Å². The molecule has 0 saturated carbocycles. The molecular formula is C19H24N2O5S2. The fourth-order valence-corrected chi connectivity index (χ4v) is 5.04. The Morgan fingerprint density at radius 2 is 1.96 bits per heavy atom. The van der Waals surface area contributed by atoms with Crippen molar-refractivity contribution in [3.63, 3.8) is 0 Å². The van der Waals surface area contributed by atoms with E-state index >= 15 is 0 Å². The van der Waals surface area contributed by atoms with E-state index < -0.39 is 26.2 Å². The van der Waals surface area contributed by atoms with E-state index in [0.29, 0.717) is 12.8 Å². The van der Waals surface area contributed by atoms with Crippen molar-refractivity contribution < 1.29 is 21.4 Å². The molecule has 1 aromatic carbocycles. The second kappa shape index (κ2) is 7.90. The van der Waals surface area contributed by atoms with Gasteiger partial charge in [-0.25, -0.2) is 13.1 Å². The van der Waals surface area contributed by atoms with Crippen LogP contribution in [0.2, 0.25) is 0 Å². The first-order chi connectivity index (χ1) is 13.0. The normalized spacial score (nSPS) is 20.4. The Morgan fingerprint density at radius 3 is 2.64 bits per heavy atom. The third-order valence-corrected chi connectivity index (χ3v) is 6.69. The van der Waals surface area contributed by atoms with Gasteiger partial charge in [-0.3, -0.25) is 9.54 Å². The Hall–Kier alpha value is -1.81. The van der Waals surface area contributed by atoms with Crippen molar-refractivity contribution >= 4 is 20.1 Å². The molecule has 2 atom stereocenters. The summed E-state index contributed by atoms with van der Waals surface area (Å²) in [5, 5.41) is 0. The summed E-state index contributed by atoms with van der Waals surface area (Å²) >= 11 is 0. The number of hydrogen-bond acceptors (Lipinski definition) is 5. The van der Waals surface area contributed by atoms with Gasteiger partial charge in [0.15, 0.2) is 0 Å². The summed E-state index contributed by atoms with van der Waals surface area (Å²) in [6.45, 7) is 1.89. The Kier molecular flexibility index (Phi) is 5.90. The van der Waals surface area contributed by atoms with Crippen LogP contribution in [-0.4, -0.2) is 32.6 Å². The molecular weight excluding hydrogens is 400 g/mol. The molecule has 1 heterocycles. The quantitative estimate of drug-likeness (QED) is 0.563. The van der Waals surface area contributed by atoms with Crippen molar-refractivity contribution in [1.29, 1.82) is 0 Å². The van der Waals surface area contributed by atoms with E-state index in [2.05, 4.69) is 9.71 Å². The summed E-state index contributed by atoms with van der Waals surface area (Å²) in [6.07, 6.45) is 5.55. The highest BCUT2D eigenvalue weighted by atomic mass is 32.2. The highest BCUT2D eigenvalue weighted by Crippen LogP contribution is 2.33. The zero-order chi connectivity index (χ0) is 20.5. The first-order valence-corrected chi connectivity index (χ1v) is 12.3. The number of aromatic nitrogens is 1. The van der Waals surface area contributed by atoms with E-state index in [1.807, 2.05) is 19.1 Å². The summed E-state index contributed by atoms with van der Waals surface area (Å²) in [5.74, 6) is 0.129. The van der Waals surface area contributed by atoms with Crippen LogP contribution >= 0.6 is 0 Å². The monoisotopic (exact) mass is 424 g/mol. The van der Waals surface area contributed by atoms with Gasteiger partial charge in [-0.1, -0.05) is 12.1 Å². The number of nitrogens with one attached hydrogen (secondary N) is 1. The van der Waals surface area contributed by atoms with Crippen LogP contribution in [-0.2, 0) is 33.0 Å². The molecule has 3 rings (SSSR count). The van der Waals surface area contributed by atoms with Crippen molar-refractivity contribution in [3.05, 3.63) is 58.9 Å². The van der Waals surface area contributed by atoms with Crippen molar-refractivity contribution in [3.8, 4) is 0 Å². The summed E-state index contributed by atoms with van der Waals surface area (Å²) in [6, 6.07) is 7.94. The van der Waals surface area contributed by atoms with Gasteiger partial charge in [0.25, 0.3) is 10.1 Å². The second-order valence-corrected chi connectivity index (χ2v) is 10.6. The zero-order valence-corrected chi connectivity index (χ0v) is 17.4. The molecule has 0 radical (unpaired) electrons. The van der Waals surface area contributed by atoms with Gasteiger partial charge in [-0.15, -0.1) is 0 Å². The molecule has 0 saturated heterocycles. The number of hydrogen-bond donors (Lipinski definition) is 2. The third kappa shape index (κ3) is 5.16. The van der Waals surface area contributed by atoms with E-state index in [1.54, 1.807) is 12.3 Å². The van der Waals surface area contributed by atoms with E-state index in [1.165, 1.54) is 12.1 Å². The Bertz CT molecular complexity index is 1080. The lowest BCUT2D eigenvalue weighted by atomic mass is 9.89. The molecule has 0 fully saturated rings. The van der Waals surface area contributed by atoms with Gasteiger partial charge >= 0.3 is 0 Å². The van der Waals surface area contributed by atoms with Gasteiger partial charge in [0, 0.05) is 6.20 Å². The highest BCUT2D eigenvalue weighted by molar-refractivity contribution is 7.88. The van der Waals surface area contributed by atoms with Crippen LogP contribution < -0.4 is 4.72 Å². The zero-order valence-electron chi connectivity index (χ0n) is 15.8. The maximum absolute atomic E-state index is 11.9. The highest BCUT2D eigenvalue weighted by Gasteiger charge is 2.28. The summed E-state index contributed by atoms with van der Waals surface area (Å²) < 4.78 is 58.7. The second-order valence-electron chi connectivity index (χ2n) is 7.40. The van der Waals surface area contributed by atoms with Crippen molar-refractivity contribution in [2.75, 3.05) is 6.26 Å². The summed E-state index contributed by atoms with van der Waals surface area (Å²) in [7, 11) is -7.69. The number of sulfonamides is 1. The number of nitrogens with zero attached hydrogens (tertiary/aromatic N) is 1. The molecule has 28 heavy (non-hydrogen) atoms. The minimum atomic E-state index is -4.27. The van der Waals surface area contributed by atoms with Gasteiger partial charge in [0.2, 0.25) is 10.0 Å². The van der Waals surface area contributed by atoms with E-state index in [0.717, 1.165) is 41.5 Å². The maximum Gasteiger partial charge on any atom is 0.294 e. The van der Waals surface area contributed by atoms with E-state index in [-0.39, 0.29) is 10.8 Å². The molecule has 0 unspecified atom stereocenters. The molecule has 152 valence electrons. The van der Waals surface area contributed by atoms with E-state index in [4.69, 9.17) is 0 Å². The molecule has 9 heteroatoms. The lowest BCUT2D eigenvalue weighted by molar-refractivity contribution is 0.405. The minimum Gasteiger partial charge on any atom is -0.282 e. The van der Waals surface area contributed by atoms with Gasteiger partial charge in [0.1, 0.15) is 0 Å². The molecule has 2 aromatic rings. The Morgan fingerprint density at radius 1 is 1.21 bits per heavy atom. The summed E-state index contributed by atoms with van der Waals surface area (Å²) in [5.41, 5.74) is 3.53. The van der Waals surface area contributed by atoms with Gasteiger partial charge in [-0.2, -0.15) is 8.42 Å². The fraction of sp³-hybridized carbons (Fsp3) is 0.421. The number of aryl methyl sites for hydroxylation is 2. The lowest BCUT2D eigenvalue weighted by Gasteiger charge is -2.22. The molecule has 1 aliphatic carbocycles. The van der Waals surface area contributed by atoms with Crippen molar-refractivity contribution in [1.82, 2.24) is 9.71 Å². The predicted molar refractivity (Wildman–Crippen MR) is 106 cm³/mol. The number of benzene rings is 1. The average Bonchev–Trinajstić information content (AvgIpc) is 2.74. The molecule has 7 nitrogen and oxygen atoms in total. The average molecular weight is 425 g/mol. The molecule has 2 N–H and O–H groups in total. The van der Waals surface area contributed by atoms with Crippen LogP contribution in [0.25, 0.3) is 0 Å². The number of rotatable bonds is 5. The maximum atomic E-state index is 11.9. The topological polar surface area (TPSA) is 113 Å². The first kappa shape index (κ1) is 20.9. The van der Waals surface area contributed by atoms with Crippen molar-refractivity contribution in [2.24, 2.45) is 5.92 Å². The standard InChI is InChI=1S/C19H24N2O5S2/c1-13-5-8-17(28(24,25)26)12-16(13)10-14-6-7-15-4-3-9-20-19(15)18(11-14)21-27(2,22)23/h3-5,8-9,12,14,18,21H,6-7,10-11H2,1-2H3,(H,24,25,26)/t14-,18+/m1/s1. The lowest BCUT2D eigenvalue weighted by Crippen LogP contribution is -2.29. The van der Waals surface area contributed by atoms with E-state index in [9.17, 15) is 21.4 Å². The third-order valence-electron chi connectivity index (χ3n) is 5.13. The molecule has 0 aliphatic heterocycles. The van der Waals surface area contributed by atoms with Crippen LogP contribution in [0.5, 0.6) is 0 Å². The molecule has 0 spiro atoms. The Balaban J connectivity index is 1.90. The first-order valence-electron chi connectivity index (χ1n) is 9.01. The van der Waals surface area contributed by atoms with Crippen LogP contribution in [0.15, 0.2) is 41.4 Å². The molecule has 0 bridgehead atoms. The fourth-order valence-electron chi connectivity index (χ4n) is 3.79. The Labute approximate surface area is 166 Å². The smallest absolute Gasteiger partial charge is 0.282 e. The molecule has 1 aliphatic rings. The van der Waals surface area contributed by atoms with Gasteiger partial charge < -0.3 is 0 Å². The summed E-state index contributed by atoms with van der Waals surface area (Å²) in [4.78, 5) is 4.28. The van der Waals surface area contributed by atoms with Crippen LogP contribution in [0, 0.1) is 12.8 Å². The molecule has 0 amide bonds. The van der Waals surface area contributed by atoms with Crippen molar-refractivity contribution in [2.45, 2.75) is 43.5 Å². The van der Waals surface area contributed by atoms with Crippen LogP contribution in [0.1, 0.15) is 41.3 Å². The number of pyridine rings is 1. The number of fused-ring (bicyclic) bond motifs is 1. The van der Waals surface area contributed by atoms with Crippen LogP contribution in [0.4, 0.5) is 0 Å². The van der Waals surface area contributed by atoms with Gasteiger partial charge in [0.05, 0.1) is 22.9 Å².